The van der Waals surface area contributed by atoms with Gasteiger partial charge in [-0.1, -0.05) is 27.2 Å². The van der Waals surface area contributed by atoms with Crippen molar-refractivity contribution in [2.45, 2.75) is 33.2 Å². The summed E-state index contributed by atoms with van der Waals surface area (Å²) in [6.07, 6.45) is 1.36. The van der Waals surface area contributed by atoms with Crippen molar-refractivity contribution < 1.29 is 0 Å². The first-order chi connectivity index (χ1) is 5.14. The summed E-state index contributed by atoms with van der Waals surface area (Å²) in [4.78, 5) is 2.51. The summed E-state index contributed by atoms with van der Waals surface area (Å²) in [6, 6.07) is 0.942. The monoisotopic (exact) mass is 153 g/mol. The minimum absolute atomic E-state index is 0.753. The highest BCUT2D eigenvalue weighted by atomic mass is 15.3. The molecule has 0 bridgehead atoms. The Bertz CT molecular complexity index is 174. The SMILES string of the molecule is CCC(C)[C@]12CN(C)C1C2C. The molecule has 1 saturated carbocycles. The van der Waals surface area contributed by atoms with Crippen LogP contribution in [0.2, 0.25) is 0 Å². The van der Waals surface area contributed by atoms with E-state index in [4.69, 9.17) is 0 Å². The molecular weight excluding hydrogens is 134 g/mol. The van der Waals surface area contributed by atoms with Crippen molar-refractivity contribution in [1.82, 2.24) is 4.90 Å². The Kier molecular flexibility index (Phi) is 1.39. The van der Waals surface area contributed by atoms with Crippen LogP contribution in [-0.2, 0) is 0 Å². The second-order valence-corrected chi connectivity index (χ2v) is 4.57. The fraction of sp³-hybridized carbons (Fsp3) is 1.00. The van der Waals surface area contributed by atoms with Crippen LogP contribution in [0.25, 0.3) is 0 Å². The first kappa shape index (κ1) is 7.60. The Morgan fingerprint density at radius 1 is 1.64 bits per heavy atom. The Hall–Kier alpha value is -0.0400. The van der Waals surface area contributed by atoms with E-state index in [1.54, 1.807) is 0 Å². The van der Waals surface area contributed by atoms with E-state index in [0.29, 0.717) is 0 Å². The molecule has 0 spiro atoms. The van der Waals surface area contributed by atoms with Crippen LogP contribution in [0.15, 0.2) is 0 Å². The molecule has 1 aliphatic carbocycles. The summed E-state index contributed by atoms with van der Waals surface area (Å²) in [6.45, 7) is 8.51. The summed E-state index contributed by atoms with van der Waals surface area (Å²) in [5.74, 6) is 1.92. The molecule has 1 saturated heterocycles. The van der Waals surface area contributed by atoms with Gasteiger partial charge in [-0.25, -0.2) is 0 Å². The molecule has 0 aromatic heterocycles. The minimum atomic E-state index is 0.753. The highest BCUT2D eigenvalue weighted by Crippen LogP contribution is 2.67. The lowest BCUT2D eigenvalue weighted by Gasteiger charge is -2.39. The summed E-state index contributed by atoms with van der Waals surface area (Å²) in [5.41, 5.74) is 0.753. The number of fused-ring (bicyclic) bond motifs is 1. The maximum absolute atomic E-state index is 2.51. The molecular formula is C10H19N. The predicted molar refractivity (Wildman–Crippen MR) is 47.5 cm³/mol. The van der Waals surface area contributed by atoms with Crippen LogP contribution >= 0.6 is 0 Å². The standard InChI is InChI=1S/C10H19N/c1-5-7(2)10-6-11(4)9(10)8(10)3/h7-9H,5-6H2,1-4H3/t7?,8?,9?,10-/m0/s1. The second-order valence-electron chi connectivity index (χ2n) is 4.57. The number of nitrogens with zero attached hydrogens (tertiary/aromatic N) is 1. The van der Waals surface area contributed by atoms with E-state index in [-0.39, 0.29) is 0 Å². The van der Waals surface area contributed by atoms with E-state index in [9.17, 15) is 0 Å². The highest BCUT2D eigenvalue weighted by molar-refractivity contribution is 5.24. The summed E-state index contributed by atoms with van der Waals surface area (Å²) < 4.78 is 0. The zero-order valence-corrected chi connectivity index (χ0v) is 8.09. The molecule has 0 N–H and O–H groups in total. The maximum atomic E-state index is 2.51. The summed E-state index contributed by atoms with van der Waals surface area (Å²) >= 11 is 0. The Morgan fingerprint density at radius 3 is 2.55 bits per heavy atom. The van der Waals surface area contributed by atoms with Crippen molar-refractivity contribution in [1.29, 1.82) is 0 Å². The van der Waals surface area contributed by atoms with Crippen molar-refractivity contribution in [3.63, 3.8) is 0 Å². The van der Waals surface area contributed by atoms with Crippen LogP contribution in [0.4, 0.5) is 0 Å². The van der Waals surface area contributed by atoms with Crippen LogP contribution in [0.3, 0.4) is 0 Å². The number of hydrogen-bond donors (Lipinski definition) is 0. The highest BCUT2D eigenvalue weighted by Gasteiger charge is 2.72. The molecule has 0 amide bonds. The average molecular weight is 153 g/mol. The molecule has 2 fully saturated rings. The second kappa shape index (κ2) is 2.01. The van der Waals surface area contributed by atoms with Gasteiger partial charge in [0, 0.05) is 18.0 Å². The zero-order chi connectivity index (χ0) is 8.22. The van der Waals surface area contributed by atoms with Gasteiger partial charge in [0.2, 0.25) is 0 Å². The Morgan fingerprint density at radius 2 is 2.27 bits per heavy atom. The Balaban J connectivity index is 2.06. The van der Waals surface area contributed by atoms with E-state index >= 15 is 0 Å². The molecule has 3 unspecified atom stereocenters. The van der Waals surface area contributed by atoms with Crippen molar-refractivity contribution in [3.8, 4) is 0 Å². The number of likely N-dealkylation sites (tertiary alicyclic amines) is 1. The molecule has 1 heteroatoms. The quantitative estimate of drug-likeness (QED) is 0.586. The lowest BCUT2D eigenvalue weighted by atomic mass is 9.82. The maximum Gasteiger partial charge on any atom is 0.0199 e. The van der Waals surface area contributed by atoms with Crippen molar-refractivity contribution in [3.05, 3.63) is 0 Å². The van der Waals surface area contributed by atoms with E-state index in [1.165, 1.54) is 13.0 Å². The molecule has 4 atom stereocenters. The smallest absolute Gasteiger partial charge is 0.0199 e. The van der Waals surface area contributed by atoms with Gasteiger partial charge in [-0.3, -0.25) is 0 Å². The van der Waals surface area contributed by atoms with Crippen LogP contribution in [0.5, 0.6) is 0 Å². The molecule has 1 aliphatic heterocycles. The van der Waals surface area contributed by atoms with Gasteiger partial charge in [-0.15, -0.1) is 0 Å². The minimum Gasteiger partial charge on any atom is -0.302 e. The molecule has 64 valence electrons. The number of hydrogen-bond acceptors (Lipinski definition) is 1. The molecule has 0 aromatic carbocycles. The molecule has 2 rings (SSSR count). The molecule has 11 heavy (non-hydrogen) atoms. The van der Waals surface area contributed by atoms with E-state index < -0.39 is 0 Å². The summed E-state index contributed by atoms with van der Waals surface area (Å²) in [5, 5.41) is 0. The molecule has 0 aromatic rings. The van der Waals surface area contributed by atoms with Gasteiger partial charge in [-0.05, 0) is 18.9 Å². The molecule has 0 radical (unpaired) electrons. The van der Waals surface area contributed by atoms with Crippen LogP contribution in [0.1, 0.15) is 27.2 Å². The molecule has 2 aliphatic rings. The van der Waals surface area contributed by atoms with E-state index in [0.717, 1.165) is 23.3 Å². The third-order valence-electron chi connectivity index (χ3n) is 4.29. The van der Waals surface area contributed by atoms with Crippen LogP contribution in [0, 0.1) is 17.3 Å². The van der Waals surface area contributed by atoms with Gasteiger partial charge in [0.15, 0.2) is 0 Å². The van der Waals surface area contributed by atoms with Gasteiger partial charge in [0.1, 0.15) is 0 Å². The molecule has 1 nitrogen and oxygen atoms in total. The van der Waals surface area contributed by atoms with Gasteiger partial charge in [0.05, 0.1) is 0 Å². The Labute approximate surface area is 69.8 Å². The third-order valence-corrected chi connectivity index (χ3v) is 4.29. The third kappa shape index (κ3) is 0.658. The fourth-order valence-electron chi connectivity index (χ4n) is 3.35. The predicted octanol–water partition coefficient (Wildman–Crippen LogP) is 1.98. The van der Waals surface area contributed by atoms with Crippen molar-refractivity contribution in [2.24, 2.45) is 17.3 Å². The number of rotatable bonds is 2. The first-order valence-corrected chi connectivity index (χ1v) is 4.84. The van der Waals surface area contributed by atoms with Gasteiger partial charge in [-0.2, -0.15) is 0 Å². The zero-order valence-electron chi connectivity index (χ0n) is 8.09. The van der Waals surface area contributed by atoms with E-state index in [1.807, 2.05) is 0 Å². The largest absolute Gasteiger partial charge is 0.302 e. The van der Waals surface area contributed by atoms with Crippen molar-refractivity contribution >= 4 is 0 Å². The van der Waals surface area contributed by atoms with Crippen LogP contribution < -0.4 is 0 Å². The molecule has 1 heterocycles. The van der Waals surface area contributed by atoms with Crippen molar-refractivity contribution in [2.75, 3.05) is 13.6 Å². The van der Waals surface area contributed by atoms with Gasteiger partial charge in [0.25, 0.3) is 0 Å². The lowest BCUT2D eigenvalue weighted by Crippen LogP contribution is -2.46. The fourth-order valence-corrected chi connectivity index (χ4v) is 3.35. The lowest BCUT2D eigenvalue weighted by molar-refractivity contribution is 0.0800. The summed E-state index contributed by atoms with van der Waals surface area (Å²) in [7, 11) is 2.26. The van der Waals surface area contributed by atoms with E-state index in [2.05, 4.69) is 32.7 Å². The van der Waals surface area contributed by atoms with Gasteiger partial charge < -0.3 is 4.90 Å². The van der Waals surface area contributed by atoms with Crippen LogP contribution in [-0.4, -0.2) is 24.5 Å². The van der Waals surface area contributed by atoms with Gasteiger partial charge >= 0.3 is 0 Å². The average Bonchev–Trinajstić information content (AvgIpc) is 2.46. The normalized spacial score (nSPS) is 51.3. The first-order valence-electron chi connectivity index (χ1n) is 4.84. The topological polar surface area (TPSA) is 3.24 Å².